The number of pyridine rings is 1. The molecule has 0 amide bonds. The van der Waals surface area contributed by atoms with Crippen molar-refractivity contribution in [2.24, 2.45) is 0 Å². The molecular formula is C27H26N6O3. The third kappa shape index (κ3) is 4.33. The lowest BCUT2D eigenvalue weighted by atomic mass is 10.1. The molecule has 4 heterocycles. The Kier molecular flexibility index (Phi) is 6.50. The van der Waals surface area contributed by atoms with Gasteiger partial charge >= 0.3 is 0 Å². The lowest BCUT2D eigenvalue weighted by molar-refractivity contribution is 0.0970. The van der Waals surface area contributed by atoms with Gasteiger partial charge in [-0.1, -0.05) is 18.2 Å². The van der Waals surface area contributed by atoms with Crippen LogP contribution in [0, 0.1) is 11.3 Å². The summed E-state index contributed by atoms with van der Waals surface area (Å²) in [4.78, 5) is 37.9. The maximum atomic E-state index is 13.8. The number of rotatable bonds is 7. The van der Waals surface area contributed by atoms with Gasteiger partial charge < -0.3 is 14.2 Å². The summed E-state index contributed by atoms with van der Waals surface area (Å²) in [6.45, 7) is 1.74. The second kappa shape index (κ2) is 10.0. The van der Waals surface area contributed by atoms with Gasteiger partial charge in [-0.3, -0.25) is 19.1 Å². The number of hydrogen-bond donors (Lipinski definition) is 0. The van der Waals surface area contributed by atoms with Crippen LogP contribution in [-0.2, 0) is 13.1 Å². The Balaban J connectivity index is 1.64. The third-order valence-corrected chi connectivity index (χ3v) is 6.52. The molecule has 0 radical (unpaired) electrons. The van der Waals surface area contributed by atoms with Gasteiger partial charge in [0.25, 0.3) is 5.56 Å². The standard InChI is InChI=1S/C27H26N6O3/c1-36-21-10-7-8-19(14-21)23(34)17-32-18-30-24-22(15-28)26(31-12-5-2-6-13-31)33(25(24)27(32)35)16-20-9-3-4-11-29-20/h3-4,7-11,14,18H,2,5-6,12-13,16-17H2,1H3. The number of carbonyl (C=O) groups excluding carboxylic acids is 1. The van der Waals surface area contributed by atoms with Crippen LogP contribution in [0.1, 0.15) is 40.9 Å². The highest BCUT2D eigenvalue weighted by Gasteiger charge is 2.27. The molecule has 1 aliphatic rings. The molecular weight excluding hydrogens is 456 g/mol. The molecule has 0 spiro atoms. The number of hydrogen-bond acceptors (Lipinski definition) is 7. The van der Waals surface area contributed by atoms with Gasteiger partial charge in [0.05, 0.1) is 32.2 Å². The normalized spacial score (nSPS) is 13.5. The molecule has 5 rings (SSSR count). The zero-order valence-corrected chi connectivity index (χ0v) is 20.1. The Morgan fingerprint density at radius 3 is 2.67 bits per heavy atom. The predicted molar refractivity (Wildman–Crippen MR) is 135 cm³/mol. The summed E-state index contributed by atoms with van der Waals surface area (Å²) >= 11 is 0. The van der Waals surface area contributed by atoms with Crippen molar-refractivity contribution in [1.82, 2.24) is 19.1 Å². The maximum Gasteiger partial charge on any atom is 0.278 e. The number of Topliss-reactive ketones (excluding diaryl/α,β-unsaturated/α-hetero) is 1. The van der Waals surface area contributed by atoms with Crippen LogP contribution in [0.4, 0.5) is 5.82 Å². The average molecular weight is 483 g/mol. The van der Waals surface area contributed by atoms with Crippen molar-refractivity contribution in [2.75, 3.05) is 25.1 Å². The van der Waals surface area contributed by atoms with Gasteiger partial charge in [-0.05, 0) is 43.5 Å². The average Bonchev–Trinajstić information content (AvgIpc) is 3.24. The highest BCUT2D eigenvalue weighted by atomic mass is 16.5. The van der Waals surface area contributed by atoms with E-state index in [0.29, 0.717) is 40.3 Å². The minimum absolute atomic E-state index is 0.176. The molecule has 9 nitrogen and oxygen atoms in total. The number of ether oxygens (including phenoxy) is 1. The molecule has 4 aromatic rings. The van der Waals surface area contributed by atoms with E-state index < -0.39 is 0 Å². The fourth-order valence-electron chi connectivity index (χ4n) is 4.75. The highest BCUT2D eigenvalue weighted by Crippen LogP contribution is 2.32. The second-order valence-corrected chi connectivity index (χ2v) is 8.80. The molecule has 3 aromatic heterocycles. The van der Waals surface area contributed by atoms with Crippen molar-refractivity contribution >= 4 is 22.6 Å². The first-order chi connectivity index (χ1) is 17.6. The summed E-state index contributed by atoms with van der Waals surface area (Å²) in [5.74, 6) is 1.02. The summed E-state index contributed by atoms with van der Waals surface area (Å²) in [6, 6.07) is 14.7. The number of carbonyl (C=O) groups is 1. The molecule has 1 saturated heterocycles. The van der Waals surface area contributed by atoms with E-state index in [0.717, 1.165) is 38.0 Å². The molecule has 0 bridgehead atoms. The number of benzene rings is 1. The van der Waals surface area contributed by atoms with Crippen molar-refractivity contribution in [3.8, 4) is 11.8 Å². The minimum atomic E-state index is -0.369. The Morgan fingerprint density at radius 2 is 1.94 bits per heavy atom. The van der Waals surface area contributed by atoms with Crippen LogP contribution in [0.5, 0.6) is 5.75 Å². The van der Waals surface area contributed by atoms with Crippen LogP contribution in [0.3, 0.4) is 0 Å². The van der Waals surface area contributed by atoms with Crippen molar-refractivity contribution in [3.05, 3.63) is 82.2 Å². The first-order valence-electron chi connectivity index (χ1n) is 11.9. The Morgan fingerprint density at radius 1 is 1.11 bits per heavy atom. The van der Waals surface area contributed by atoms with Gasteiger partial charge in [0, 0.05) is 24.8 Å². The number of ketones is 1. The Bertz CT molecular complexity index is 1510. The summed E-state index contributed by atoms with van der Waals surface area (Å²) in [5, 5.41) is 10.1. The molecule has 1 aromatic carbocycles. The molecule has 0 aliphatic carbocycles. The quantitative estimate of drug-likeness (QED) is 0.372. The van der Waals surface area contributed by atoms with E-state index in [9.17, 15) is 14.9 Å². The third-order valence-electron chi connectivity index (χ3n) is 6.52. The molecule has 1 fully saturated rings. The summed E-state index contributed by atoms with van der Waals surface area (Å²) in [7, 11) is 1.54. The van der Waals surface area contributed by atoms with Gasteiger partial charge in [-0.25, -0.2) is 4.98 Å². The zero-order valence-electron chi connectivity index (χ0n) is 20.1. The van der Waals surface area contributed by atoms with Crippen LogP contribution in [0.15, 0.2) is 59.8 Å². The van der Waals surface area contributed by atoms with Gasteiger partial charge in [0.15, 0.2) is 5.78 Å². The van der Waals surface area contributed by atoms with E-state index in [1.807, 2.05) is 22.8 Å². The number of nitrogens with zero attached hydrogens (tertiary/aromatic N) is 6. The lowest BCUT2D eigenvalue weighted by Crippen LogP contribution is -2.32. The maximum absolute atomic E-state index is 13.8. The van der Waals surface area contributed by atoms with Gasteiger partial charge in [-0.2, -0.15) is 5.26 Å². The van der Waals surface area contributed by atoms with Gasteiger partial charge in [0.2, 0.25) is 0 Å². The molecule has 182 valence electrons. The van der Waals surface area contributed by atoms with Crippen molar-refractivity contribution < 1.29 is 9.53 Å². The number of aromatic nitrogens is 4. The van der Waals surface area contributed by atoms with E-state index in [1.165, 1.54) is 18.0 Å². The first kappa shape index (κ1) is 23.3. The van der Waals surface area contributed by atoms with Crippen molar-refractivity contribution in [1.29, 1.82) is 5.26 Å². The Labute approximate surface area is 208 Å². The van der Waals surface area contributed by atoms with Crippen LogP contribution in [0.25, 0.3) is 11.0 Å². The summed E-state index contributed by atoms with van der Waals surface area (Å²) < 4.78 is 8.37. The first-order valence-corrected chi connectivity index (χ1v) is 11.9. The largest absolute Gasteiger partial charge is 0.497 e. The Hall–Kier alpha value is -4.45. The molecule has 0 unspecified atom stereocenters. The minimum Gasteiger partial charge on any atom is -0.497 e. The predicted octanol–water partition coefficient (Wildman–Crippen LogP) is 3.39. The SMILES string of the molecule is COc1cccc(C(=O)Cn2cnc3c(C#N)c(N4CCCCC4)n(Cc4ccccn4)c3c2=O)c1. The fraction of sp³-hybridized carbons (Fsp3) is 0.296. The van der Waals surface area contributed by atoms with Gasteiger partial charge in [-0.15, -0.1) is 0 Å². The molecule has 36 heavy (non-hydrogen) atoms. The van der Waals surface area contributed by atoms with Crippen LogP contribution in [0.2, 0.25) is 0 Å². The lowest BCUT2D eigenvalue weighted by Gasteiger charge is -2.30. The molecule has 0 N–H and O–H groups in total. The van der Waals surface area contributed by atoms with Crippen LogP contribution >= 0.6 is 0 Å². The highest BCUT2D eigenvalue weighted by molar-refractivity contribution is 5.96. The van der Waals surface area contributed by atoms with E-state index in [2.05, 4.69) is 20.9 Å². The number of fused-ring (bicyclic) bond motifs is 1. The van der Waals surface area contributed by atoms with E-state index in [4.69, 9.17) is 4.74 Å². The molecule has 0 saturated carbocycles. The zero-order chi connectivity index (χ0) is 25.1. The van der Waals surface area contributed by atoms with E-state index >= 15 is 0 Å². The molecule has 0 atom stereocenters. The molecule has 1 aliphatic heterocycles. The molecule has 9 heteroatoms. The number of piperidine rings is 1. The number of methoxy groups -OCH3 is 1. The van der Waals surface area contributed by atoms with Crippen LogP contribution in [-0.4, -0.2) is 45.1 Å². The number of anilines is 1. The summed E-state index contributed by atoms with van der Waals surface area (Å²) in [6.07, 6.45) is 6.23. The van der Waals surface area contributed by atoms with Crippen molar-refractivity contribution in [3.63, 3.8) is 0 Å². The number of nitriles is 1. The second-order valence-electron chi connectivity index (χ2n) is 8.80. The monoisotopic (exact) mass is 482 g/mol. The van der Waals surface area contributed by atoms with E-state index in [1.54, 1.807) is 30.5 Å². The topological polar surface area (TPSA) is 106 Å². The smallest absolute Gasteiger partial charge is 0.278 e. The van der Waals surface area contributed by atoms with Crippen molar-refractivity contribution in [2.45, 2.75) is 32.4 Å². The van der Waals surface area contributed by atoms with E-state index in [-0.39, 0.29) is 17.9 Å². The van der Waals surface area contributed by atoms with Crippen LogP contribution < -0.4 is 15.2 Å². The summed E-state index contributed by atoms with van der Waals surface area (Å²) in [5.41, 5.74) is 1.87. The fourth-order valence-corrected chi connectivity index (χ4v) is 4.75. The van der Waals surface area contributed by atoms with Gasteiger partial charge in [0.1, 0.15) is 34.2 Å².